The maximum atomic E-state index is 5.45. The summed E-state index contributed by atoms with van der Waals surface area (Å²) in [7, 11) is 2.10. The molecule has 2 N–H and O–H groups in total. The Kier molecular flexibility index (Phi) is 13.4. The number of benzene rings is 1. The summed E-state index contributed by atoms with van der Waals surface area (Å²) in [6, 6.07) is 12.4. The molecule has 2 rings (SSSR count). The van der Waals surface area contributed by atoms with Crippen molar-refractivity contribution in [1.82, 2.24) is 15.5 Å². The fraction of sp³-hybridized carbons (Fsp3) is 0.500. The summed E-state index contributed by atoms with van der Waals surface area (Å²) >= 11 is 0. The topological polar surface area (TPSA) is 62.0 Å². The van der Waals surface area contributed by atoms with Crippen LogP contribution >= 0.6 is 24.0 Å². The van der Waals surface area contributed by atoms with Crippen LogP contribution < -0.4 is 10.6 Å². The number of nitrogens with zero attached hydrogens (tertiary/aromatic N) is 2. The van der Waals surface area contributed by atoms with Crippen LogP contribution in [0.2, 0.25) is 0 Å². The molecule has 0 bridgehead atoms. The van der Waals surface area contributed by atoms with Crippen LogP contribution in [0.25, 0.3) is 0 Å². The highest BCUT2D eigenvalue weighted by Gasteiger charge is 2.08. The quantitative estimate of drug-likeness (QED) is 0.194. The van der Waals surface area contributed by atoms with E-state index in [1.54, 1.807) is 6.26 Å². The van der Waals surface area contributed by atoms with Gasteiger partial charge in [0.1, 0.15) is 5.76 Å². The van der Waals surface area contributed by atoms with Crippen LogP contribution in [0.1, 0.15) is 37.2 Å². The van der Waals surface area contributed by atoms with E-state index in [0.29, 0.717) is 6.54 Å². The summed E-state index contributed by atoms with van der Waals surface area (Å²) in [5.41, 5.74) is 2.52. The van der Waals surface area contributed by atoms with Crippen molar-refractivity contribution in [3.8, 4) is 0 Å². The van der Waals surface area contributed by atoms with E-state index < -0.39 is 0 Å². The van der Waals surface area contributed by atoms with Crippen LogP contribution in [0.4, 0.5) is 0 Å². The number of aliphatic imine (C=N–C) groups is 1. The van der Waals surface area contributed by atoms with Crippen molar-refractivity contribution < 1.29 is 9.15 Å². The molecule has 29 heavy (non-hydrogen) atoms. The van der Waals surface area contributed by atoms with Gasteiger partial charge in [0.15, 0.2) is 5.96 Å². The van der Waals surface area contributed by atoms with Crippen molar-refractivity contribution in [2.24, 2.45) is 4.99 Å². The lowest BCUT2D eigenvalue weighted by atomic mass is 10.1. The molecule has 0 aliphatic heterocycles. The SMILES string of the molecule is CCNC(=NCc1ccccc1CN(C)Cc1ccco1)NCCCOCC.I. The molecule has 0 atom stereocenters. The number of ether oxygens (including phenoxy) is 1. The predicted molar refractivity (Wildman–Crippen MR) is 130 cm³/mol. The molecule has 0 spiro atoms. The van der Waals surface area contributed by atoms with Crippen LogP contribution in [0.5, 0.6) is 0 Å². The van der Waals surface area contributed by atoms with Gasteiger partial charge in [-0.2, -0.15) is 0 Å². The molecule has 162 valence electrons. The van der Waals surface area contributed by atoms with Crippen LogP contribution in [0.3, 0.4) is 0 Å². The van der Waals surface area contributed by atoms with Crippen molar-refractivity contribution in [1.29, 1.82) is 0 Å². The second kappa shape index (κ2) is 15.3. The third-order valence-electron chi connectivity index (χ3n) is 4.28. The zero-order chi connectivity index (χ0) is 20.0. The summed E-state index contributed by atoms with van der Waals surface area (Å²) in [6.45, 7) is 9.60. The molecule has 0 unspecified atom stereocenters. The number of hydrogen-bond acceptors (Lipinski definition) is 4. The van der Waals surface area contributed by atoms with Gasteiger partial charge < -0.3 is 19.8 Å². The normalized spacial score (nSPS) is 11.4. The van der Waals surface area contributed by atoms with E-state index >= 15 is 0 Å². The van der Waals surface area contributed by atoms with Gasteiger partial charge in [-0.15, -0.1) is 24.0 Å². The number of furan rings is 1. The summed E-state index contributed by atoms with van der Waals surface area (Å²) in [4.78, 5) is 7.01. The molecule has 1 heterocycles. The lowest BCUT2D eigenvalue weighted by Gasteiger charge is -2.17. The molecule has 6 nitrogen and oxygen atoms in total. The molecule has 0 saturated carbocycles. The van der Waals surface area contributed by atoms with Gasteiger partial charge in [0, 0.05) is 32.8 Å². The Balaban J connectivity index is 0.00000420. The Bertz CT molecular complexity index is 692. The highest BCUT2D eigenvalue weighted by Crippen LogP contribution is 2.14. The minimum atomic E-state index is 0. The minimum absolute atomic E-state index is 0. The Morgan fingerprint density at radius 2 is 1.86 bits per heavy atom. The Hall–Kier alpha value is -1.58. The van der Waals surface area contributed by atoms with E-state index in [0.717, 1.165) is 57.5 Å². The first kappa shape index (κ1) is 25.5. The number of guanidine groups is 1. The molecule has 0 aliphatic carbocycles. The lowest BCUT2D eigenvalue weighted by Crippen LogP contribution is -2.38. The molecule has 1 aromatic heterocycles. The molecule has 0 fully saturated rings. The van der Waals surface area contributed by atoms with Gasteiger partial charge in [0.2, 0.25) is 0 Å². The van der Waals surface area contributed by atoms with Crippen LogP contribution in [-0.4, -0.2) is 44.2 Å². The first-order valence-corrected chi connectivity index (χ1v) is 10.1. The van der Waals surface area contributed by atoms with E-state index in [4.69, 9.17) is 14.1 Å². The third-order valence-corrected chi connectivity index (χ3v) is 4.28. The average molecular weight is 514 g/mol. The van der Waals surface area contributed by atoms with Crippen molar-refractivity contribution in [2.45, 2.75) is 39.9 Å². The zero-order valence-corrected chi connectivity index (χ0v) is 20.1. The molecular formula is C22H35IN4O2. The summed E-state index contributed by atoms with van der Waals surface area (Å²) in [5, 5.41) is 6.68. The van der Waals surface area contributed by atoms with Gasteiger partial charge in [0.05, 0.1) is 19.4 Å². The highest BCUT2D eigenvalue weighted by atomic mass is 127. The van der Waals surface area contributed by atoms with Gasteiger partial charge >= 0.3 is 0 Å². The standard InChI is InChI=1S/C22H34N4O2.HI/c1-4-23-22(24-13-9-14-27-5-2)25-16-19-10-6-7-11-20(19)17-26(3)18-21-12-8-15-28-21;/h6-8,10-12,15H,4-5,9,13-14,16-18H2,1-3H3,(H2,23,24,25);1H. The zero-order valence-electron chi connectivity index (χ0n) is 17.8. The van der Waals surface area contributed by atoms with Crippen LogP contribution in [0, 0.1) is 0 Å². The lowest BCUT2D eigenvalue weighted by molar-refractivity contribution is 0.145. The van der Waals surface area contributed by atoms with Crippen LogP contribution in [0.15, 0.2) is 52.1 Å². The second-order valence-corrected chi connectivity index (χ2v) is 6.69. The van der Waals surface area contributed by atoms with E-state index in [2.05, 4.69) is 53.8 Å². The number of nitrogens with one attached hydrogen (secondary N) is 2. The van der Waals surface area contributed by atoms with Crippen molar-refractivity contribution in [2.75, 3.05) is 33.4 Å². The average Bonchev–Trinajstić information content (AvgIpc) is 3.19. The molecular weight excluding hydrogens is 479 g/mol. The molecule has 0 radical (unpaired) electrons. The Morgan fingerprint density at radius 1 is 1.07 bits per heavy atom. The maximum absolute atomic E-state index is 5.45. The Morgan fingerprint density at radius 3 is 2.55 bits per heavy atom. The van der Waals surface area contributed by atoms with E-state index in [1.807, 2.05) is 19.1 Å². The number of rotatable bonds is 12. The largest absolute Gasteiger partial charge is 0.468 e. The van der Waals surface area contributed by atoms with E-state index in [9.17, 15) is 0 Å². The third kappa shape index (κ3) is 10.1. The monoisotopic (exact) mass is 514 g/mol. The van der Waals surface area contributed by atoms with E-state index in [-0.39, 0.29) is 24.0 Å². The molecule has 0 amide bonds. The molecule has 0 saturated heterocycles. The predicted octanol–water partition coefficient (Wildman–Crippen LogP) is 4.01. The molecule has 0 aliphatic rings. The van der Waals surface area contributed by atoms with Gasteiger partial charge in [0.25, 0.3) is 0 Å². The van der Waals surface area contributed by atoms with Gasteiger partial charge in [-0.05, 0) is 50.6 Å². The highest BCUT2D eigenvalue weighted by molar-refractivity contribution is 14.0. The van der Waals surface area contributed by atoms with Gasteiger partial charge in [-0.1, -0.05) is 24.3 Å². The van der Waals surface area contributed by atoms with Gasteiger partial charge in [-0.3, -0.25) is 4.90 Å². The van der Waals surface area contributed by atoms with Crippen molar-refractivity contribution in [3.63, 3.8) is 0 Å². The fourth-order valence-electron chi connectivity index (χ4n) is 2.91. The summed E-state index contributed by atoms with van der Waals surface area (Å²) < 4.78 is 10.8. The molecule has 2 aromatic rings. The van der Waals surface area contributed by atoms with Crippen LogP contribution in [-0.2, 0) is 24.4 Å². The Labute approximate surface area is 192 Å². The first-order chi connectivity index (χ1) is 13.7. The maximum Gasteiger partial charge on any atom is 0.191 e. The minimum Gasteiger partial charge on any atom is -0.468 e. The van der Waals surface area contributed by atoms with E-state index in [1.165, 1.54) is 11.1 Å². The van der Waals surface area contributed by atoms with Gasteiger partial charge in [-0.25, -0.2) is 4.99 Å². The molecule has 1 aromatic carbocycles. The first-order valence-electron chi connectivity index (χ1n) is 10.1. The molecule has 7 heteroatoms. The fourth-order valence-corrected chi connectivity index (χ4v) is 2.91. The van der Waals surface area contributed by atoms with Crippen molar-refractivity contribution >= 4 is 29.9 Å². The smallest absolute Gasteiger partial charge is 0.191 e. The number of halogens is 1. The number of hydrogen-bond donors (Lipinski definition) is 2. The second-order valence-electron chi connectivity index (χ2n) is 6.69. The summed E-state index contributed by atoms with van der Waals surface area (Å²) in [6.07, 6.45) is 2.68. The summed E-state index contributed by atoms with van der Waals surface area (Å²) in [5.74, 6) is 1.82. The van der Waals surface area contributed by atoms with Crippen molar-refractivity contribution in [3.05, 3.63) is 59.5 Å².